The summed E-state index contributed by atoms with van der Waals surface area (Å²) in [4.78, 5) is 16.5. The summed E-state index contributed by atoms with van der Waals surface area (Å²) in [6.07, 6.45) is 1.74. The van der Waals surface area contributed by atoms with Crippen LogP contribution in [-0.2, 0) is 11.2 Å². The molecular formula is C21H20FN3O3. The van der Waals surface area contributed by atoms with Crippen molar-refractivity contribution < 1.29 is 18.7 Å². The van der Waals surface area contributed by atoms with Crippen LogP contribution in [0.25, 0.3) is 0 Å². The number of nitrogens with zero attached hydrogens (tertiary/aromatic N) is 1. The Balaban J connectivity index is 1.59. The third-order valence-electron chi connectivity index (χ3n) is 3.98. The Morgan fingerprint density at radius 3 is 2.32 bits per heavy atom. The van der Waals surface area contributed by atoms with E-state index in [1.54, 1.807) is 56.8 Å². The maximum atomic E-state index is 12.9. The van der Waals surface area contributed by atoms with Gasteiger partial charge in [-0.05, 0) is 54.1 Å². The van der Waals surface area contributed by atoms with Crippen LogP contribution < -0.4 is 20.1 Å². The van der Waals surface area contributed by atoms with Crippen molar-refractivity contribution in [1.82, 2.24) is 4.98 Å². The smallest absolute Gasteiger partial charge is 0.228 e. The molecule has 0 bridgehead atoms. The van der Waals surface area contributed by atoms with Crippen LogP contribution >= 0.6 is 0 Å². The number of methoxy groups -OCH3 is 2. The first-order valence-corrected chi connectivity index (χ1v) is 8.57. The number of pyridine rings is 1. The number of halogens is 1. The molecule has 0 atom stereocenters. The topological polar surface area (TPSA) is 72.5 Å². The second-order valence-corrected chi connectivity index (χ2v) is 5.98. The largest absolute Gasteiger partial charge is 0.493 e. The second kappa shape index (κ2) is 8.85. The number of benzene rings is 2. The van der Waals surface area contributed by atoms with Gasteiger partial charge in [0.05, 0.1) is 32.5 Å². The van der Waals surface area contributed by atoms with E-state index in [1.807, 2.05) is 6.07 Å². The second-order valence-electron chi connectivity index (χ2n) is 5.98. The predicted molar refractivity (Wildman–Crippen MR) is 106 cm³/mol. The van der Waals surface area contributed by atoms with E-state index in [4.69, 9.17) is 9.47 Å². The zero-order valence-electron chi connectivity index (χ0n) is 15.5. The number of aromatic nitrogens is 1. The lowest BCUT2D eigenvalue weighted by Crippen LogP contribution is -2.14. The molecule has 2 N–H and O–H groups in total. The van der Waals surface area contributed by atoms with E-state index in [9.17, 15) is 9.18 Å². The Morgan fingerprint density at radius 2 is 1.68 bits per heavy atom. The standard InChI is InChI=1S/C21H20FN3O3/c1-27-18-9-3-14(11-19(18)28-2)12-21(26)25-17-8-10-20(23-13-17)24-16-6-4-15(22)5-7-16/h3-11,13H,12H2,1-2H3,(H,23,24)(H,25,26). The summed E-state index contributed by atoms with van der Waals surface area (Å²) in [5.74, 6) is 1.30. The van der Waals surface area contributed by atoms with Gasteiger partial charge in [-0.2, -0.15) is 0 Å². The average molecular weight is 381 g/mol. The van der Waals surface area contributed by atoms with E-state index >= 15 is 0 Å². The van der Waals surface area contributed by atoms with Crippen LogP contribution in [0.15, 0.2) is 60.8 Å². The number of rotatable bonds is 7. The third-order valence-corrected chi connectivity index (χ3v) is 3.98. The third kappa shape index (κ3) is 4.97. The lowest BCUT2D eigenvalue weighted by molar-refractivity contribution is -0.115. The van der Waals surface area contributed by atoms with Gasteiger partial charge < -0.3 is 20.1 Å². The molecule has 3 rings (SSSR count). The first-order chi connectivity index (χ1) is 13.6. The van der Waals surface area contributed by atoms with Crippen molar-refractivity contribution in [3.63, 3.8) is 0 Å². The van der Waals surface area contributed by atoms with Gasteiger partial charge in [0.15, 0.2) is 11.5 Å². The molecule has 1 amide bonds. The number of nitrogens with one attached hydrogen (secondary N) is 2. The Bertz CT molecular complexity index is 944. The Kier molecular flexibility index (Phi) is 6.06. The molecular weight excluding hydrogens is 361 g/mol. The number of hydrogen-bond acceptors (Lipinski definition) is 5. The molecule has 0 fully saturated rings. The van der Waals surface area contributed by atoms with Gasteiger partial charge in [-0.3, -0.25) is 4.79 Å². The molecule has 0 radical (unpaired) electrons. The fraction of sp³-hybridized carbons (Fsp3) is 0.143. The molecule has 0 spiro atoms. The highest BCUT2D eigenvalue weighted by atomic mass is 19.1. The van der Waals surface area contributed by atoms with Crippen molar-refractivity contribution in [3.8, 4) is 11.5 Å². The molecule has 0 saturated carbocycles. The van der Waals surface area contributed by atoms with E-state index in [-0.39, 0.29) is 18.1 Å². The minimum absolute atomic E-state index is 0.173. The van der Waals surface area contributed by atoms with Crippen LogP contribution in [-0.4, -0.2) is 25.1 Å². The minimum atomic E-state index is -0.300. The summed E-state index contributed by atoms with van der Waals surface area (Å²) in [5, 5.41) is 5.86. The number of anilines is 3. The molecule has 0 unspecified atom stereocenters. The van der Waals surface area contributed by atoms with Crippen LogP contribution in [0.4, 0.5) is 21.6 Å². The summed E-state index contributed by atoms with van der Waals surface area (Å²) < 4.78 is 23.4. The average Bonchev–Trinajstić information content (AvgIpc) is 2.71. The molecule has 1 heterocycles. The lowest BCUT2D eigenvalue weighted by atomic mass is 10.1. The van der Waals surface area contributed by atoms with E-state index < -0.39 is 0 Å². The van der Waals surface area contributed by atoms with Crippen molar-refractivity contribution in [3.05, 3.63) is 72.2 Å². The summed E-state index contributed by atoms with van der Waals surface area (Å²) in [5.41, 5.74) is 2.10. The molecule has 144 valence electrons. The quantitative estimate of drug-likeness (QED) is 0.643. The Hall–Kier alpha value is -3.61. The molecule has 0 saturated heterocycles. The van der Waals surface area contributed by atoms with Crippen LogP contribution in [0.1, 0.15) is 5.56 Å². The fourth-order valence-electron chi connectivity index (χ4n) is 2.60. The van der Waals surface area contributed by atoms with Crippen molar-refractivity contribution >= 4 is 23.1 Å². The molecule has 6 nitrogen and oxygen atoms in total. The first kappa shape index (κ1) is 19.2. The van der Waals surface area contributed by atoms with Crippen LogP contribution in [0.2, 0.25) is 0 Å². The fourth-order valence-corrected chi connectivity index (χ4v) is 2.60. The van der Waals surface area contributed by atoms with Crippen LogP contribution in [0.5, 0.6) is 11.5 Å². The predicted octanol–water partition coefficient (Wildman–Crippen LogP) is 4.16. The normalized spacial score (nSPS) is 10.2. The van der Waals surface area contributed by atoms with Gasteiger partial charge in [0.2, 0.25) is 5.91 Å². The van der Waals surface area contributed by atoms with E-state index in [2.05, 4.69) is 15.6 Å². The van der Waals surface area contributed by atoms with E-state index in [0.717, 1.165) is 11.3 Å². The molecule has 28 heavy (non-hydrogen) atoms. The van der Waals surface area contributed by atoms with Gasteiger partial charge in [0.25, 0.3) is 0 Å². The lowest BCUT2D eigenvalue weighted by Gasteiger charge is -2.10. The van der Waals surface area contributed by atoms with E-state index in [1.165, 1.54) is 12.1 Å². The highest BCUT2D eigenvalue weighted by Gasteiger charge is 2.09. The molecule has 2 aromatic carbocycles. The number of carbonyl (C=O) groups excluding carboxylic acids is 1. The summed E-state index contributed by atoms with van der Waals surface area (Å²) in [6.45, 7) is 0. The van der Waals surface area contributed by atoms with Gasteiger partial charge in [-0.25, -0.2) is 9.37 Å². The maximum Gasteiger partial charge on any atom is 0.228 e. The molecule has 1 aromatic heterocycles. The first-order valence-electron chi connectivity index (χ1n) is 8.57. The summed E-state index contributed by atoms with van der Waals surface area (Å²) >= 11 is 0. The van der Waals surface area contributed by atoms with Gasteiger partial charge in [-0.15, -0.1) is 0 Å². The minimum Gasteiger partial charge on any atom is -0.493 e. The van der Waals surface area contributed by atoms with Gasteiger partial charge >= 0.3 is 0 Å². The maximum absolute atomic E-state index is 12.9. The summed E-state index contributed by atoms with van der Waals surface area (Å²) in [7, 11) is 3.11. The van der Waals surface area contributed by atoms with Crippen molar-refractivity contribution in [2.75, 3.05) is 24.9 Å². The molecule has 3 aromatic rings. The Labute approximate surface area is 162 Å². The molecule has 0 aliphatic carbocycles. The SMILES string of the molecule is COc1ccc(CC(=O)Nc2ccc(Nc3ccc(F)cc3)nc2)cc1OC. The van der Waals surface area contributed by atoms with Crippen LogP contribution in [0.3, 0.4) is 0 Å². The number of carbonyl (C=O) groups is 1. The summed E-state index contributed by atoms with van der Waals surface area (Å²) in [6, 6.07) is 14.8. The van der Waals surface area contributed by atoms with Gasteiger partial charge in [-0.1, -0.05) is 6.07 Å². The van der Waals surface area contributed by atoms with Crippen LogP contribution in [0, 0.1) is 5.82 Å². The van der Waals surface area contributed by atoms with Crippen molar-refractivity contribution in [1.29, 1.82) is 0 Å². The van der Waals surface area contributed by atoms with Gasteiger partial charge in [0, 0.05) is 5.69 Å². The number of ether oxygens (including phenoxy) is 2. The number of amides is 1. The molecule has 0 aliphatic heterocycles. The molecule has 7 heteroatoms. The highest BCUT2D eigenvalue weighted by molar-refractivity contribution is 5.92. The zero-order valence-corrected chi connectivity index (χ0v) is 15.5. The van der Waals surface area contributed by atoms with Crippen molar-refractivity contribution in [2.45, 2.75) is 6.42 Å². The highest BCUT2D eigenvalue weighted by Crippen LogP contribution is 2.27. The van der Waals surface area contributed by atoms with Gasteiger partial charge in [0.1, 0.15) is 11.6 Å². The Morgan fingerprint density at radius 1 is 0.964 bits per heavy atom. The van der Waals surface area contributed by atoms with E-state index in [0.29, 0.717) is 23.0 Å². The zero-order chi connectivity index (χ0) is 19.9. The monoisotopic (exact) mass is 381 g/mol. The van der Waals surface area contributed by atoms with Crippen molar-refractivity contribution in [2.24, 2.45) is 0 Å². The molecule has 0 aliphatic rings. The number of hydrogen-bond donors (Lipinski definition) is 2.